The highest BCUT2D eigenvalue weighted by Crippen LogP contribution is 2.21. The predicted molar refractivity (Wildman–Crippen MR) is 66.2 cm³/mol. The normalized spacial score (nSPS) is 9.71. The van der Waals surface area contributed by atoms with E-state index >= 15 is 0 Å². The molecule has 4 nitrogen and oxygen atoms in total. The lowest BCUT2D eigenvalue weighted by Gasteiger charge is -2.08. The van der Waals surface area contributed by atoms with Crippen LogP contribution in [0.25, 0.3) is 0 Å². The highest BCUT2D eigenvalue weighted by molar-refractivity contribution is 6.29. The molecule has 0 aliphatic rings. The van der Waals surface area contributed by atoms with Gasteiger partial charge in [0.1, 0.15) is 17.3 Å². The maximum Gasteiger partial charge on any atom is 0.135 e. The zero-order valence-electron chi connectivity index (χ0n) is 9.11. The quantitative estimate of drug-likeness (QED) is 0.825. The van der Waals surface area contributed by atoms with Crippen LogP contribution in [0.1, 0.15) is 11.1 Å². The summed E-state index contributed by atoms with van der Waals surface area (Å²) in [5.74, 6) is 0.600. The molecule has 1 N–H and O–H groups in total. The minimum absolute atomic E-state index is 0.372. The maximum absolute atomic E-state index is 8.84. The summed E-state index contributed by atoms with van der Waals surface area (Å²) in [6.45, 7) is 1.95. The fourth-order valence-electron chi connectivity index (χ4n) is 1.37. The number of nitrogens with one attached hydrogen (secondary N) is 1. The van der Waals surface area contributed by atoms with E-state index in [0.29, 0.717) is 16.5 Å². The summed E-state index contributed by atoms with van der Waals surface area (Å²) in [6, 6.07) is 9.14. The minimum Gasteiger partial charge on any atom is -0.340 e. The average Bonchev–Trinajstić information content (AvgIpc) is 2.32. The summed E-state index contributed by atoms with van der Waals surface area (Å²) >= 11 is 5.77. The summed E-state index contributed by atoms with van der Waals surface area (Å²) < 4.78 is 0. The number of nitrogens with zero attached hydrogens (tertiary/aromatic N) is 3. The van der Waals surface area contributed by atoms with Crippen molar-refractivity contribution < 1.29 is 0 Å². The average molecular weight is 245 g/mol. The number of halogens is 1. The molecule has 0 saturated heterocycles. The van der Waals surface area contributed by atoms with Crippen LogP contribution in [0.4, 0.5) is 11.5 Å². The van der Waals surface area contributed by atoms with E-state index in [0.717, 1.165) is 11.3 Å². The van der Waals surface area contributed by atoms with Crippen LogP contribution in [-0.2, 0) is 0 Å². The Morgan fingerprint density at radius 1 is 1.29 bits per heavy atom. The van der Waals surface area contributed by atoms with Gasteiger partial charge in [-0.25, -0.2) is 9.97 Å². The lowest BCUT2D eigenvalue weighted by atomic mass is 10.1. The van der Waals surface area contributed by atoms with Crippen molar-refractivity contribution in [2.45, 2.75) is 6.92 Å². The van der Waals surface area contributed by atoms with E-state index in [9.17, 15) is 0 Å². The van der Waals surface area contributed by atoms with Crippen molar-refractivity contribution in [3.8, 4) is 6.07 Å². The largest absolute Gasteiger partial charge is 0.340 e. The number of nitriles is 1. The Balaban J connectivity index is 2.33. The molecule has 1 aromatic carbocycles. The van der Waals surface area contributed by atoms with Gasteiger partial charge in [-0.15, -0.1) is 0 Å². The first-order chi connectivity index (χ1) is 8.19. The second-order valence-electron chi connectivity index (χ2n) is 3.49. The number of aryl methyl sites for hydroxylation is 1. The van der Waals surface area contributed by atoms with E-state index in [1.54, 1.807) is 18.2 Å². The Hall–Kier alpha value is -2.12. The number of benzene rings is 1. The van der Waals surface area contributed by atoms with Crippen molar-refractivity contribution in [2.24, 2.45) is 0 Å². The molecule has 1 heterocycles. The Kier molecular flexibility index (Phi) is 3.22. The van der Waals surface area contributed by atoms with E-state index < -0.39 is 0 Å². The molecular formula is C12H9ClN4. The molecule has 0 unspecified atom stereocenters. The van der Waals surface area contributed by atoms with E-state index in [-0.39, 0.29) is 0 Å². The third kappa shape index (κ3) is 2.71. The Morgan fingerprint density at radius 3 is 2.82 bits per heavy atom. The van der Waals surface area contributed by atoms with Crippen molar-refractivity contribution >= 4 is 23.1 Å². The lowest BCUT2D eigenvalue weighted by Crippen LogP contribution is -1.96. The zero-order chi connectivity index (χ0) is 12.3. The molecule has 0 bridgehead atoms. The second kappa shape index (κ2) is 4.81. The zero-order valence-corrected chi connectivity index (χ0v) is 9.86. The van der Waals surface area contributed by atoms with Crippen molar-refractivity contribution in [3.05, 3.63) is 46.9 Å². The molecule has 1 aromatic heterocycles. The highest BCUT2D eigenvalue weighted by Gasteiger charge is 2.02. The van der Waals surface area contributed by atoms with Crippen molar-refractivity contribution in [1.29, 1.82) is 5.26 Å². The van der Waals surface area contributed by atoms with Gasteiger partial charge in [-0.2, -0.15) is 5.26 Å². The topological polar surface area (TPSA) is 61.6 Å². The number of rotatable bonds is 2. The van der Waals surface area contributed by atoms with Gasteiger partial charge in [0, 0.05) is 11.8 Å². The van der Waals surface area contributed by atoms with Gasteiger partial charge >= 0.3 is 0 Å². The van der Waals surface area contributed by atoms with Gasteiger partial charge in [-0.05, 0) is 24.6 Å². The van der Waals surface area contributed by atoms with Crippen LogP contribution >= 0.6 is 11.6 Å². The smallest absolute Gasteiger partial charge is 0.135 e. The van der Waals surface area contributed by atoms with E-state index in [4.69, 9.17) is 16.9 Å². The maximum atomic E-state index is 8.84. The van der Waals surface area contributed by atoms with E-state index in [2.05, 4.69) is 21.4 Å². The second-order valence-corrected chi connectivity index (χ2v) is 3.88. The molecule has 0 fully saturated rings. The molecule has 0 radical (unpaired) electrons. The summed E-state index contributed by atoms with van der Waals surface area (Å²) in [5.41, 5.74) is 2.45. The fourth-order valence-corrected chi connectivity index (χ4v) is 1.51. The molecule has 2 aromatic rings. The van der Waals surface area contributed by atoms with Crippen LogP contribution in [0.15, 0.2) is 30.6 Å². The predicted octanol–water partition coefficient (Wildman–Crippen LogP) is 3.05. The van der Waals surface area contributed by atoms with Crippen LogP contribution in [0.3, 0.4) is 0 Å². The molecule has 0 saturated carbocycles. The van der Waals surface area contributed by atoms with Gasteiger partial charge in [0.15, 0.2) is 0 Å². The number of hydrogen-bond donors (Lipinski definition) is 1. The van der Waals surface area contributed by atoms with Gasteiger partial charge in [-0.1, -0.05) is 17.7 Å². The third-order valence-electron chi connectivity index (χ3n) is 2.26. The van der Waals surface area contributed by atoms with Crippen molar-refractivity contribution in [2.75, 3.05) is 5.32 Å². The highest BCUT2D eigenvalue weighted by atomic mass is 35.5. The van der Waals surface area contributed by atoms with Gasteiger partial charge in [0.2, 0.25) is 0 Å². The van der Waals surface area contributed by atoms with Crippen LogP contribution in [0.5, 0.6) is 0 Å². The standard InChI is InChI=1S/C12H9ClN4/c1-8-2-3-9(6-14)4-10(8)17-12-5-11(13)15-7-16-12/h2-5,7H,1H3,(H,15,16,17). The number of aromatic nitrogens is 2. The monoisotopic (exact) mass is 244 g/mol. The van der Waals surface area contributed by atoms with E-state index in [1.807, 2.05) is 13.0 Å². The molecule has 0 aliphatic carbocycles. The van der Waals surface area contributed by atoms with Crippen LogP contribution in [0.2, 0.25) is 5.15 Å². The number of hydrogen-bond acceptors (Lipinski definition) is 4. The Morgan fingerprint density at radius 2 is 2.12 bits per heavy atom. The first-order valence-corrected chi connectivity index (χ1v) is 5.32. The van der Waals surface area contributed by atoms with Gasteiger partial charge in [0.25, 0.3) is 0 Å². The summed E-state index contributed by atoms with van der Waals surface area (Å²) in [6.07, 6.45) is 1.38. The SMILES string of the molecule is Cc1ccc(C#N)cc1Nc1cc(Cl)ncn1. The summed E-state index contributed by atoms with van der Waals surface area (Å²) in [4.78, 5) is 7.84. The van der Waals surface area contributed by atoms with Crippen LogP contribution in [-0.4, -0.2) is 9.97 Å². The van der Waals surface area contributed by atoms with E-state index in [1.165, 1.54) is 6.33 Å². The first-order valence-electron chi connectivity index (χ1n) is 4.94. The fraction of sp³-hybridized carbons (Fsp3) is 0.0833. The first kappa shape index (κ1) is 11.4. The molecular weight excluding hydrogens is 236 g/mol. The molecule has 5 heteroatoms. The van der Waals surface area contributed by atoms with Crippen LogP contribution < -0.4 is 5.32 Å². The molecule has 0 atom stereocenters. The Labute approximate surface area is 104 Å². The van der Waals surface area contributed by atoms with Gasteiger partial charge < -0.3 is 5.32 Å². The third-order valence-corrected chi connectivity index (χ3v) is 2.47. The molecule has 0 aliphatic heterocycles. The van der Waals surface area contributed by atoms with Crippen molar-refractivity contribution in [1.82, 2.24) is 9.97 Å². The molecule has 0 spiro atoms. The molecule has 2 rings (SSSR count). The van der Waals surface area contributed by atoms with Gasteiger partial charge in [-0.3, -0.25) is 0 Å². The number of anilines is 2. The minimum atomic E-state index is 0.372. The van der Waals surface area contributed by atoms with Crippen molar-refractivity contribution in [3.63, 3.8) is 0 Å². The summed E-state index contributed by atoms with van der Waals surface area (Å²) in [7, 11) is 0. The molecule has 84 valence electrons. The van der Waals surface area contributed by atoms with Crippen LogP contribution in [0, 0.1) is 18.3 Å². The Bertz CT molecular complexity index is 589. The molecule has 17 heavy (non-hydrogen) atoms. The summed E-state index contributed by atoms with van der Waals surface area (Å²) in [5, 5.41) is 12.3. The van der Waals surface area contributed by atoms with Gasteiger partial charge in [0.05, 0.1) is 11.6 Å². The molecule has 0 amide bonds. The lowest BCUT2D eigenvalue weighted by molar-refractivity contribution is 1.16.